The molecule has 0 saturated carbocycles. The first-order valence-electron chi connectivity index (χ1n) is 9.45. The summed E-state index contributed by atoms with van der Waals surface area (Å²) < 4.78 is 10.8. The number of methoxy groups -OCH3 is 2. The van der Waals surface area contributed by atoms with E-state index in [0.717, 1.165) is 29.9 Å². The molecule has 2 rings (SSSR count). The van der Waals surface area contributed by atoms with Crippen LogP contribution in [0.3, 0.4) is 0 Å². The van der Waals surface area contributed by atoms with E-state index in [0.29, 0.717) is 0 Å². The van der Waals surface area contributed by atoms with E-state index in [4.69, 9.17) is 9.47 Å². The first kappa shape index (κ1) is 20.8. The fraction of sp³-hybridized carbons (Fsp3) is 0.435. The van der Waals surface area contributed by atoms with Crippen molar-refractivity contribution in [3.63, 3.8) is 0 Å². The van der Waals surface area contributed by atoms with E-state index in [1.54, 1.807) is 21.1 Å². The van der Waals surface area contributed by atoms with E-state index >= 15 is 0 Å². The molecule has 4 nitrogen and oxygen atoms in total. The lowest BCUT2D eigenvalue weighted by Gasteiger charge is -2.30. The Morgan fingerprint density at radius 1 is 1.00 bits per heavy atom. The summed E-state index contributed by atoms with van der Waals surface area (Å²) in [5.74, 6) is 1.77. The van der Waals surface area contributed by atoms with E-state index < -0.39 is 0 Å². The van der Waals surface area contributed by atoms with Gasteiger partial charge in [-0.2, -0.15) is 0 Å². The molecule has 0 heterocycles. The maximum atomic E-state index is 12.1. The van der Waals surface area contributed by atoms with Crippen molar-refractivity contribution in [2.24, 2.45) is 0 Å². The van der Waals surface area contributed by atoms with Crippen LogP contribution in [0.5, 0.6) is 11.5 Å². The number of amides is 1. The zero-order valence-corrected chi connectivity index (χ0v) is 17.3. The van der Waals surface area contributed by atoms with Crippen LogP contribution in [0.4, 0.5) is 0 Å². The molecule has 0 aliphatic carbocycles. The van der Waals surface area contributed by atoms with Crippen molar-refractivity contribution in [1.29, 1.82) is 0 Å². The zero-order valence-electron chi connectivity index (χ0n) is 17.3. The largest absolute Gasteiger partial charge is 0.493 e. The highest BCUT2D eigenvalue weighted by Gasteiger charge is 2.23. The minimum absolute atomic E-state index is 0.0245. The van der Waals surface area contributed by atoms with Crippen LogP contribution >= 0.6 is 0 Å². The fourth-order valence-electron chi connectivity index (χ4n) is 3.34. The second-order valence-electron chi connectivity index (χ2n) is 6.99. The maximum Gasteiger partial charge on any atom is 0.219 e. The molecule has 2 atom stereocenters. The van der Waals surface area contributed by atoms with Gasteiger partial charge in [0.2, 0.25) is 5.91 Å². The highest BCUT2D eigenvalue weighted by molar-refractivity contribution is 5.73. The Bertz CT molecular complexity index is 755. The average molecular weight is 370 g/mol. The van der Waals surface area contributed by atoms with Crippen LogP contribution in [-0.4, -0.2) is 32.1 Å². The van der Waals surface area contributed by atoms with Crippen LogP contribution in [0.15, 0.2) is 42.5 Å². The maximum absolute atomic E-state index is 12.1. The first-order valence-corrected chi connectivity index (χ1v) is 9.45. The molecule has 0 N–H and O–H groups in total. The van der Waals surface area contributed by atoms with Gasteiger partial charge in [0.15, 0.2) is 11.5 Å². The summed E-state index contributed by atoms with van der Waals surface area (Å²) >= 11 is 0. The summed E-state index contributed by atoms with van der Waals surface area (Å²) in [5.41, 5.74) is 3.63. The number of benzene rings is 2. The van der Waals surface area contributed by atoms with Crippen molar-refractivity contribution in [3.05, 3.63) is 59.2 Å². The molecule has 146 valence electrons. The van der Waals surface area contributed by atoms with E-state index in [-0.39, 0.29) is 17.9 Å². The summed E-state index contributed by atoms with van der Waals surface area (Å²) in [7, 11) is 5.16. The summed E-state index contributed by atoms with van der Waals surface area (Å²) in [6, 6.07) is 14.6. The molecule has 2 unspecified atom stereocenters. The fourth-order valence-corrected chi connectivity index (χ4v) is 3.34. The van der Waals surface area contributed by atoms with Gasteiger partial charge in [-0.1, -0.05) is 44.2 Å². The Balaban J connectivity index is 2.29. The van der Waals surface area contributed by atoms with Crippen LogP contribution in [0.1, 0.15) is 55.8 Å². The van der Waals surface area contributed by atoms with E-state index in [9.17, 15) is 4.79 Å². The third-order valence-corrected chi connectivity index (χ3v) is 5.29. The molecule has 27 heavy (non-hydrogen) atoms. The van der Waals surface area contributed by atoms with Gasteiger partial charge in [-0.3, -0.25) is 4.79 Å². The summed E-state index contributed by atoms with van der Waals surface area (Å²) in [6.07, 6.45) is 1.84. The smallest absolute Gasteiger partial charge is 0.219 e. The monoisotopic (exact) mass is 369 g/mol. The minimum atomic E-state index is 0.0245. The molecule has 0 bridgehead atoms. The van der Waals surface area contributed by atoms with Crippen molar-refractivity contribution in [2.45, 2.75) is 45.6 Å². The third-order valence-electron chi connectivity index (χ3n) is 5.29. The molecule has 0 aliphatic rings. The van der Waals surface area contributed by atoms with Gasteiger partial charge in [0.25, 0.3) is 0 Å². The number of nitrogens with zero attached hydrogens (tertiary/aromatic N) is 1. The topological polar surface area (TPSA) is 38.8 Å². The molecule has 0 fully saturated rings. The van der Waals surface area contributed by atoms with Crippen LogP contribution in [0, 0.1) is 0 Å². The number of ether oxygens (including phenoxy) is 2. The first-order chi connectivity index (χ1) is 12.9. The predicted octanol–water partition coefficient (Wildman–Crippen LogP) is 4.98. The molecule has 0 radical (unpaired) electrons. The number of carbonyl (C=O) groups is 1. The SMILES string of the molecule is CCc1ccc(C(CC(C)c2ccc(OC)c(OC)c2)N(C)C(C)=O)cc1. The van der Waals surface area contributed by atoms with Crippen LogP contribution in [0.25, 0.3) is 0 Å². The zero-order chi connectivity index (χ0) is 20.0. The Labute approximate surface area is 163 Å². The molecule has 1 amide bonds. The molecule has 0 saturated heterocycles. The van der Waals surface area contributed by atoms with Crippen LogP contribution < -0.4 is 9.47 Å². The highest BCUT2D eigenvalue weighted by atomic mass is 16.5. The lowest BCUT2D eigenvalue weighted by Crippen LogP contribution is -2.30. The Morgan fingerprint density at radius 2 is 1.59 bits per heavy atom. The Kier molecular flexibility index (Phi) is 7.28. The van der Waals surface area contributed by atoms with Crippen LogP contribution in [0.2, 0.25) is 0 Å². The summed E-state index contributed by atoms with van der Waals surface area (Å²) in [4.78, 5) is 13.9. The third kappa shape index (κ3) is 5.03. The van der Waals surface area contributed by atoms with Gasteiger partial charge in [-0.15, -0.1) is 0 Å². The Morgan fingerprint density at radius 3 is 2.11 bits per heavy atom. The molecular formula is C23H31NO3. The van der Waals surface area contributed by atoms with Gasteiger partial charge in [-0.05, 0) is 47.6 Å². The van der Waals surface area contributed by atoms with E-state index in [1.807, 2.05) is 24.1 Å². The number of hydrogen-bond acceptors (Lipinski definition) is 3. The molecule has 0 aliphatic heterocycles. The highest BCUT2D eigenvalue weighted by Crippen LogP contribution is 2.36. The minimum Gasteiger partial charge on any atom is -0.493 e. The van der Waals surface area contributed by atoms with Crippen molar-refractivity contribution < 1.29 is 14.3 Å². The van der Waals surface area contributed by atoms with E-state index in [2.05, 4.69) is 44.2 Å². The number of hydrogen-bond donors (Lipinski definition) is 0. The Hall–Kier alpha value is -2.49. The lowest BCUT2D eigenvalue weighted by atomic mass is 9.89. The number of rotatable bonds is 8. The van der Waals surface area contributed by atoms with Crippen LogP contribution in [-0.2, 0) is 11.2 Å². The summed E-state index contributed by atoms with van der Waals surface area (Å²) in [5, 5.41) is 0. The van der Waals surface area contributed by atoms with Gasteiger partial charge in [0, 0.05) is 14.0 Å². The van der Waals surface area contributed by atoms with Gasteiger partial charge in [-0.25, -0.2) is 0 Å². The molecule has 2 aromatic carbocycles. The molecule has 0 aromatic heterocycles. The van der Waals surface area contributed by atoms with E-state index in [1.165, 1.54) is 11.1 Å². The summed E-state index contributed by atoms with van der Waals surface area (Å²) in [6.45, 7) is 5.95. The standard InChI is InChI=1S/C23H31NO3/c1-7-18-8-10-19(11-9-18)21(24(4)17(3)25)14-16(2)20-12-13-22(26-5)23(15-20)27-6/h8-13,15-16,21H,7,14H2,1-6H3. The van der Waals surface area contributed by atoms with Crippen molar-refractivity contribution in [2.75, 3.05) is 21.3 Å². The van der Waals surface area contributed by atoms with Gasteiger partial charge >= 0.3 is 0 Å². The predicted molar refractivity (Wildman–Crippen MR) is 110 cm³/mol. The van der Waals surface area contributed by atoms with Gasteiger partial charge < -0.3 is 14.4 Å². The normalized spacial score (nSPS) is 13.0. The second-order valence-corrected chi connectivity index (χ2v) is 6.99. The van der Waals surface area contributed by atoms with Crippen molar-refractivity contribution >= 4 is 5.91 Å². The van der Waals surface area contributed by atoms with Gasteiger partial charge in [0.1, 0.15) is 0 Å². The van der Waals surface area contributed by atoms with Crippen molar-refractivity contribution in [3.8, 4) is 11.5 Å². The second kappa shape index (κ2) is 9.45. The molecule has 0 spiro atoms. The molecular weight excluding hydrogens is 338 g/mol. The molecule has 2 aromatic rings. The van der Waals surface area contributed by atoms with Crippen molar-refractivity contribution in [1.82, 2.24) is 4.90 Å². The number of carbonyl (C=O) groups excluding carboxylic acids is 1. The number of aryl methyl sites for hydroxylation is 1. The quantitative estimate of drug-likeness (QED) is 0.659. The molecule has 4 heteroatoms. The van der Waals surface area contributed by atoms with Gasteiger partial charge in [0.05, 0.1) is 20.3 Å². The lowest BCUT2D eigenvalue weighted by molar-refractivity contribution is -0.129. The average Bonchev–Trinajstić information content (AvgIpc) is 2.70.